The van der Waals surface area contributed by atoms with Crippen LogP contribution >= 0.6 is 15.9 Å². The molecule has 9 heteroatoms. The van der Waals surface area contributed by atoms with Crippen LogP contribution in [0.2, 0.25) is 0 Å². The number of carbonyl (C=O) groups is 2. The number of nitrogens with one attached hydrogen (secondary N) is 2. The van der Waals surface area contributed by atoms with E-state index < -0.39 is 0 Å². The molecule has 1 aliphatic rings. The molecular formula is C27H29BrN6O2. The van der Waals surface area contributed by atoms with Gasteiger partial charge >= 0.3 is 0 Å². The largest absolute Gasteiger partial charge is 0.322 e. The monoisotopic (exact) mass is 548 g/mol. The summed E-state index contributed by atoms with van der Waals surface area (Å²) in [5, 5.41) is 5.79. The first-order chi connectivity index (χ1) is 17.4. The second kappa shape index (κ2) is 12.0. The smallest absolute Gasteiger partial charge is 0.255 e. The summed E-state index contributed by atoms with van der Waals surface area (Å²) in [7, 11) is 2.14. The molecule has 1 aliphatic heterocycles. The third-order valence-electron chi connectivity index (χ3n) is 6.07. The fourth-order valence-electron chi connectivity index (χ4n) is 3.84. The van der Waals surface area contributed by atoms with E-state index in [0.29, 0.717) is 16.9 Å². The molecule has 0 radical (unpaired) electrons. The molecule has 186 valence electrons. The standard InChI is InChI=1S/C27H29BrN6O2/c1-19-3-7-23(14-25(19)32-26(35)8-4-20-15-29-18-30-16-20)31-27(36)21-5-6-22(24(28)13-21)17-34-11-9-33(2)10-12-34/h3-8,13-16,18H,9-12,17H2,1-2H3,(H,31,36)(H,32,35). The van der Waals surface area contributed by atoms with Gasteiger partial charge < -0.3 is 15.5 Å². The van der Waals surface area contributed by atoms with Crippen LogP contribution in [0.5, 0.6) is 0 Å². The molecule has 0 bridgehead atoms. The summed E-state index contributed by atoms with van der Waals surface area (Å²) in [6.45, 7) is 6.95. The number of amides is 2. The number of aryl methyl sites for hydroxylation is 1. The minimum Gasteiger partial charge on any atom is -0.322 e. The lowest BCUT2D eigenvalue weighted by molar-refractivity contribution is -0.111. The van der Waals surface area contributed by atoms with Crippen molar-refractivity contribution in [3.05, 3.63) is 87.9 Å². The van der Waals surface area contributed by atoms with E-state index in [-0.39, 0.29) is 11.8 Å². The van der Waals surface area contributed by atoms with Crippen molar-refractivity contribution >= 4 is 45.2 Å². The van der Waals surface area contributed by atoms with E-state index in [2.05, 4.69) is 53.4 Å². The molecule has 2 amide bonds. The normalized spacial score (nSPS) is 14.6. The summed E-state index contributed by atoms with van der Waals surface area (Å²) in [6, 6.07) is 11.1. The lowest BCUT2D eigenvalue weighted by Crippen LogP contribution is -2.43. The molecule has 2 N–H and O–H groups in total. The number of halogens is 1. The zero-order valence-electron chi connectivity index (χ0n) is 20.4. The fourth-order valence-corrected chi connectivity index (χ4v) is 4.35. The van der Waals surface area contributed by atoms with Gasteiger partial charge in [0.2, 0.25) is 5.91 Å². The van der Waals surface area contributed by atoms with Crippen molar-refractivity contribution in [3.8, 4) is 0 Å². The summed E-state index contributed by atoms with van der Waals surface area (Å²) in [5.74, 6) is -0.503. The molecule has 36 heavy (non-hydrogen) atoms. The van der Waals surface area contributed by atoms with Crippen LogP contribution in [0.1, 0.15) is 27.0 Å². The van der Waals surface area contributed by atoms with Gasteiger partial charge in [-0.15, -0.1) is 0 Å². The van der Waals surface area contributed by atoms with Crippen molar-refractivity contribution in [2.45, 2.75) is 13.5 Å². The van der Waals surface area contributed by atoms with Crippen molar-refractivity contribution in [1.82, 2.24) is 19.8 Å². The Balaban J connectivity index is 1.38. The topological polar surface area (TPSA) is 90.5 Å². The van der Waals surface area contributed by atoms with Crippen LogP contribution in [-0.4, -0.2) is 64.8 Å². The number of anilines is 2. The Morgan fingerprint density at radius 3 is 2.50 bits per heavy atom. The highest BCUT2D eigenvalue weighted by atomic mass is 79.9. The van der Waals surface area contributed by atoms with Gasteiger partial charge in [0.05, 0.1) is 0 Å². The molecule has 0 spiro atoms. The molecule has 1 fully saturated rings. The second-order valence-corrected chi connectivity index (χ2v) is 9.72. The molecule has 8 nitrogen and oxygen atoms in total. The van der Waals surface area contributed by atoms with E-state index in [1.807, 2.05) is 37.3 Å². The molecule has 2 heterocycles. The number of hydrogen-bond donors (Lipinski definition) is 2. The SMILES string of the molecule is Cc1ccc(NC(=O)c2ccc(CN3CCN(C)CC3)c(Br)c2)cc1NC(=O)C=Cc1cncnc1. The van der Waals surface area contributed by atoms with Crippen LogP contribution < -0.4 is 10.6 Å². The van der Waals surface area contributed by atoms with E-state index >= 15 is 0 Å². The second-order valence-electron chi connectivity index (χ2n) is 8.86. The van der Waals surface area contributed by atoms with Gasteiger partial charge in [-0.05, 0) is 55.4 Å². The lowest BCUT2D eigenvalue weighted by Gasteiger charge is -2.32. The lowest BCUT2D eigenvalue weighted by atomic mass is 10.1. The van der Waals surface area contributed by atoms with Gasteiger partial charge in [-0.1, -0.05) is 28.1 Å². The van der Waals surface area contributed by atoms with E-state index in [4.69, 9.17) is 0 Å². The van der Waals surface area contributed by atoms with E-state index in [9.17, 15) is 9.59 Å². The number of nitrogens with zero attached hydrogens (tertiary/aromatic N) is 4. The summed E-state index contributed by atoms with van der Waals surface area (Å²) in [6.07, 6.45) is 7.74. The fraction of sp³-hybridized carbons (Fsp3) is 0.259. The van der Waals surface area contributed by atoms with Gasteiger partial charge in [-0.25, -0.2) is 9.97 Å². The first-order valence-electron chi connectivity index (χ1n) is 11.7. The maximum absolute atomic E-state index is 12.9. The molecular weight excluding hydrogens is 520 g/mol. The number of carbonyl (C=O) groups excluding carboxylic acids is 2. The van der Waals surface area contributed by atoms with Crippen LogP contribution in [-0.2, 0) is 11.3 Å². The predicted molar refractivity (Wildman–Crippen MR) is 146 cm³/mol. The maximum Gasteiger partial charge on any atom is 0.255 e. The molecule has 2 aromatic carbocycles. The molecule has 4 rings (SSSR count). The first kappa shape index (κ1) is 25.7. The maximum atomic E-state index is 12.9. The molecule has 0 aliphatic carbocycles. The number of piperazine rings is 1. The van der Waals surface area contributed by atoms with Gasteiger partial charge in [0.25, 0.3) is 5.91 Å². The third-order valence-corrected chi connectivity index (χ3v) is 6.80. The van der Waals surface area contributed by atoms with E-state index in [1.54, 1.807) is 24.5 Å². The van der Waals surface area contributed by atoms with Crippen LogP contribution in [0.3, 0.4) is 0 Å². The van der Waals surface area contributed by atoms with E-state index in [0.717, 1.165) is 53.9 Å². The van der Waals surface area contributed by atoms with Crippen molar-refractivity contribution in [2.24, 2.45) is 0 Å². The highest BCUT2D eigenvalue weighted by Crippen LogP contribution is 2.24. The highest BCUT2D eigenvalue weighted by molar-refractivity contribution is 9.10. The number of likely N-dealkylation sites (N-methyl/N-ethyl adjacent to an activating group) is 1. The minimum absolute atomic E-state index is 0.216. The molecule has 3 aromatic rings. The summed E-state index contributed by atoms with van der Waals surface area (Å²) < 4.78 is 0.918. The summed E-state index contributed by atoms with van der Waals surface area (Å²) in [5.41, 5.74) is 4.55. The zero-order valence-corrected chi connectivity index (χ0v) is 22.0. The molecule has 1 aromatic heterocycles. The Morgan fingerprint density at radius 2 is 1.78 bits per heavy atom. The molecule has 0 unspecified atom stereocenters. The zero-order chi connectivity index (χ0) is 25.5. The Labute approximate surface area is 219 Å². The van der Waals surface area contributed by atoms with Crippen molar-refractivity contribution < 1.29 is 9.59 Å². The van der Waals surface area contributed by atoms with Gasteiger partial charge in [-0.3, -0.25) is 14.5 Å². The van der Waals surface area contributed by atoms with Crippen molar-refractivity contribution in [2.75, 3.05) is 43.9 Å². The van der Waals surface area contributed by atoms with Crippen LogP contribution in [0.15, 0.2) is 65.7 Å². The van der Waals surface area contributed by atoms with Crippen molar-refractivity contribution in [1.29, 1.82) is 0 Å². The van der Waals surface area contributed by atoms with Gasteiger partial charge in [0, 0.05) is 78.2 Å². The molecule has 0 saturated carbocycles. The van der Waals surface area contributed by atoms with Gasteiger partial charge in [0.15, 0.2) is 0 Å². The average molecular weight is 549 g/mol. The Bertz CT molecular complexity index is 1260. The highest BCUT2D eigenvalue weighted by Gasteiger charge is 2.16. The third kappa shape index (κ3) is 7.07. The van der Waals surface area contributed by atoms with Crippen LogP contribution in [0, 0.1) is 6.92 Å². The number of hydrogen-bond acceptors (Lipinski definition) is 6. The number of rotatable bonds is 7. The molecule has 1 saturated heterocycles. The Hall–Kier alpha value is -3.40. The average Bonchev–Trinajstić information content (AvgIpc) is 2.88. The minimum atomic E-state index is -0.287. The Kier molecular flexibility index (Phi) is 8.58. The quantitative estimate of drug-likeness (QED) is 0.430. The number of aromatic nitrogens is 2. The van der Waals surface area contributed by atoms with Crippen LogP contribution in [0.25, 0.3) is 6.08 Å². The summed E-state index contributed by atoms with van der Waals surface area (Å²) >= 11 is 3.64. The predicted octanol–water partition coefficient (Wildman–Crippen LogP) is 4.20. The Morgan fingerprint density at radius 1 is 1.03 bits per heavy atom. The van der Waals surface area contributed by atoms with Crippen molar-refractivity contribution in [3.63, 3.8) is 0 Å². The van der Waals surface area contributed by atoms with Gasteiger partial charge in [-0.2, -0.15) is 0 Å². The number of benzene rings is 2. The molecule has 0 atom stereocenters. The summed E-state index contributed by atoms with van der Waals surface area (Å²) in [4.78, 5) is 37.9. The van der Waals surface area contributed by atoms with Gasteiger partial charge in [0.1, 0.15) is 6.33 Å². The first-order valence-corrected chi connectivity index (χ1v) is 12.5. The van der Waals surface area contributed by atoms with Crippen LogP contribution in [0.4, 0.5) is 11.4 Å². The van der Waals surface area contributed by atoms with E-state index in [1.165, 1.54) is 12.4 Å².